The van der Waals surface area contributed by atoms with E-state index in [4.69, 9.17) is 0 Å². The Morgan fingerprint density at radius 1 is 0.829 bits per heavy atom. The molecule has 6 nitrogen and oxygen atoms in total. The second-order valence-corrected chi connectivity index (χ2v) is 13.1. The Bertz CT molecular complexity index is 1260. The Morgan fingerprint density at radius 2 is 1.56 bits per heavy atom. The lowest BCUT2D eigenvalue weighted by Gasteiger charge is -2.21. The molecule has 0 atom stereocenters. The molecule has 3 rings (SSSR count). The van der Waals surface area contributed by atoms with Crippen LogP contribution in [0.15, 0.2) is 42.5 Å². The third kappa shape index (κ3) is 11.3. The SMILES string of the molecule is O=S(=O)(CCCN(CCO)CCCCCCC1=C(c2cccc(O)c2)CCCc2cc(O)ccc21)CCC(F)(F)F. The molecule has 0 saturated heterocycles. The molecule has 0 amide bonds. The van der Waals surface area contributed by atoms with Gasteiger partial charge in [-0.3, -0.25) is 0 Å². The van der Waals surface area contributed by atoms with E-state index in [1.165, 1.54) is 11.1 Å². The third-order valence-electron chi connectivity index (χ3n) is 7.54. The minimum Gasteiger partial charge on any atom is -0.508 e. The van der Waals surface area contributed by atoms with Gasteiger partial charge >= 0.3 is 6.18 Å². The molecule has 1 aliphatic carbocycles. The fourth-order valence-electron chi connectivity index (χ4n) is 5.50. The summed E-state index contributed by atoms with van der Waals surface area (Å²) in [5.41, 5.74) is 5.77. The predicted molar refractivity (Wildman–Crippen MR) is 157 cm³/mol. The second kappa shape index (κ2) is 15.6. The number of halogens is 3. The molecule has 2 aromatic rings. The van der Waals surface area contributed by atoms with Crippen LogP contribution in [0.3, 0.4) is 0 Å². The number of allylic oxidation sites excluding steroid dienone is 2. The van der Waals surface area contributed by atoms with Gasteiger partial charge in [0.2, 0.25) is 0 Å². The van der Waals surface area contributed by atoms with Crippen LogP contribution < -0.4 is 0 Å². The van der Waals surface area contributed by atoms with Crippen LogP contribution in [-0.2, 0) is 16.3 Å². The number of phenolic OH excluding ortho intramolecular Hbond substituents is 2. The minimum absolute atomic E-state index is 0.0677. The van der Waals surface area contributed by atoms with Gasteiger partial charge in [-0.05, 0) is 110 Å². The molecule has 228 valence electrons. The zero-order chi connectivity index (χ0) is 29.9. The summed E-state index contributed by atoms with van der Waals surface area (Å²) in [6.07, 6.45) is 1.74. The van der Waals surface area contributed by atoms with E-state index in [0.717, 1.165) is 68.1 Å². The topological polar surface area (TPSA) is 98.1 Å². The van der Waals surface area contributed by atoms with Gasteiger partial charge in [0, 0.05) is 6.54 Å². The Kier molecular flexibility index (Phi) is 12.5. The molecule has 41 heavy (non-hydrogen) atoms. The fourth-order valence-corrected chi connectivity index (χ4v) is 6.81. The van der Waals surface area contributed by atoms with Crippen molar-refractivity contribution in [1.29, 1.82) is 0 Å². The number of phenols is 2. The van der Waals surface area contributed by atoms with Crippen molar-refractivity contribution in [2.45, 2.75) is 70.4 Å². The molecular formula is C31H42F3NO5S. The molecule has 0 heterocycles. The van der Waals surface area contributed by atoms with Crippen LogP contribution in [0.2, 0.25) is 0 Å². The van der Waals surface area contributed by atoms with E-state index in [-0.39, 0.29) is 30.3 Å². The maximum Gasteiger partial charge on any atom is 0.390 e. The molecule has 3 N–H and O–H groups in total. The summed E-state index contributed by atoms with van der Waals surface area (Å²) in [6.45, 7) is 1.42. The average molecular weight is 598 g/mol. The molecular weight excluding hydrogens is 555 g/mol. The smallest absolute Gasteiger partial charge is 0.390 e. The van der Waals surface area contributed by atoms with E-state index < -0.39 is 28.2 Å². The first kappa shape index (κ1) is 32.9. The number of unbranched alkanes of at least 4 members (excludes halogenated alkanes) is 3. The number of sulfone groups is 1. The molecule has 0 aliphatic heterocycles. The molecule has 0 radical (unpaired) electrons. The molecule has 10 heteroatoms. The summed E-state index contributed by atoms with van der Waals surface area (Å²) < 4.78 is 60.9. The van der Waals surface area contributed by atoms with Crippen LogP contribution in [0, 0.1) is 0 Å². The summed E-state index contributed by atoms with van der Waals surface area (Å²) >= 11 is 0. The third-order valence-corrected chi connectivity index (χ3v) is 9.28. The van der Waals surface area contributed by atoms with E-state index in [1.54, 1.807) is 18.2 Å². The van der Waals surface area contributed by atoms with Crippen molar-refractivity contribution < 1.29 is 36.9 Å². The van der Waals surface area contributed by atoms with Crippen molar-refractivity contribution in [3.63, 3.8) is 0 Å². The van der Waals surface area contributed by atoms with Gasteiger partial charge in [0.1, 0.15) is 11.5 Å². The lowest BCUT2D eigenvalue weighted by atomic mass is 9.89. The van der Waals surface area contributed by atoms with Crippen LogP contribution in [0.5, 0.6) is 11.5 Å². The van der Waals surface area contributed by atoms with Crippen molar-refractivity contribution in [1.82, 2.24) is 4.90 Å². The number of hydrogen-bond donors (Lipinski definition) is 3. The van der Waals surface area contributed by atoms with Gasteiger partial charge in [0.25, 0.3) is 0 Å². The molecule has 0 unspecified atom stereocenters. The highest BCUT2D eigenvalue weighted by Crippen LogP contribution is 2.40. The normalized spacial score (nSPS) is 14.4. The van der Waals surface area contributed by atoms with E-state index in [2.05, 4.69) is 0 Å². The lowest BCUT2D eigenvalue weighted by Crippen LogP contribution is -2.30. The molecule has 2 aromatic carbocycles. The average Bonchev–Trinajstić information content (AvgIpc) is 3.08. The van der Waals surface area contributed by atoms with Crippen molar-refractivity contribution >= 4 is 21.0 Å². The standard InChI is InChI=1S/C31H42F3NO5S/c32-31(33,34)15-21-41(39,40)20-7-17-35(18-19-36)16-4-2-1-3-11-30-28(24-8-5-10-26(37)22-24)12-6-9-25-23-27(38)13-14-29(25)30/h5,8,10,13-14,22-23,36-38H,1-4,6-7,9,11-12,15-21H2. The van der Waals surface area contributed by atoms with Gasteiger partial charge in [0.05, 0.1) is 24.5 Å². The van der Waals surface area contributed by atoms with Crippen molar-refractivity contribution in [3.05, 3.63) is 59.2 Å². The zero-order valence-corrected chi connectivity index (χ0v) is 24.3. The number of fused-ring (bicyclic) bond motifs is 1. The second-order valence-electron chi connectivity index (χ2n) is 10.8. The number of nitrogens with zero attached hydrogens (tertiary/aromatic N) is 1. The first-order valence-electron chi connectivity index (χ1n) is 14.4. The maximum absolute atomic E-state index is 12.4. The van der Waals surface area contributed by atoms with Crippen LogP contribution >= 0.6 is 0 Å². The van der Waals surface area contributed by atoms with Crippen LogP contribution in [-0.4, -0.2) is 72.6 Å². The lowest BCUT2D eigenvalue weighted by molar-refractivity contribution is -0.129. The highest BCUT2D eigenvalue weighted by molar-refractivity contribution is 7.91. The number of aryl methyl sites for hydroxylation is 1. The Morgan fingerprint density at radius 3 is 2.29 bits per heavy atom. The molecule has 0 saturated carbocycles. The number of aliphatic hydroxyl groups excluding tert-OH is 1. The minimum atomic E-state index is -4.48. The van der Waals surface area contributed by atoms with Gasteiger partial charge in [-0.2, -0.15) is 13.2 Å². The number of benzene rings is 2. The molecule has 0 fully saturated rings. The Labute approximate surface area is 241 Å². The largest absolute Gasteiger partial charge is 0.508 e. The molecule has 0 bridgehead atoms. The Balaban J connectivity index is 1.53. The maximum atomic E-state index is 12.4. The number of hydrogen-bond acceptors (Lipinski definition) is 6. The van der Waals surface area contributed by atoms with Crippen molar-refractivity contribution in [2.75, 3.05) is 37.7 Å². The summed E-state index contributed by atoms with van der Waals surface area (Å²) in [5, 5.41) is 29.5. The van der Waals surface area contributed by atoms with Crippen LogP contribution in [0.4, 0.5) is 13.2 Å². The van der Waals surface area contributed by atoms with Crippen LogP contribution in [0.1, 0.15) is 74.5 Å². The molecule has 0 aromatic heterocycles. The molecule has 0 spiro atoms. The highest BCUT2D eigenvalue weighted by atomic mass is 32.2. The van der Waals surface area contributed by atoms with E-state index in [1.807, 2.05) is 29.2 Å². The number of aromatic hydroxyl groups is 2. The quantitative estimate of drug-likeness (QED) is 0.195. The summed E-state index contributed by atoms with van der Waals surface area (Å²) in [4.78, 5) is 1.97. The number of aliphatic hydroxyl groups is 1. The summed E-state index contributed by atoms with van der Waals surface area (Å²) in [7, 11) is -3.76. The van der Waals surface area contributed by atoms with E-state index in [9.17, 15) is 36.9 Å². The van der Waals surface area contributed by atoms with Gasteiger partial charge in [-0.25, -0.2) is 8.42 Å². The zero-order valence-electron chi connectivity index (χ0n) is 23.5. The molecule has 1 aliphatic rings. The van der Waals surface area contributed by atoms with Crippen molar-refractivity contribution in [2.24, 2.45) is 0 Å². The van der Waals surface area contributed by atoms with Gasteiger partial charge in [-0.15, -0.1) is 0 Å². The first-order chi connectivity index (χ1) is 19.5. The van der Waals surface area contributed by atoms with Crippen LogP contribution in [0.25, 0.3) is 11.1 Å². The Hall–Kier alpha value is -2.56. The van der Waals surface area contributed by atoms with E-state index >= 15 is 0 Å². The summed E-state index contributed by atoms with van der Waals surface area (Å²) in [6, 6.07) is 12.9. The van der Waals surface area contributed by atoms with Gasteiger partial charge < -0.3 is 20.2 Å². The first-order valence-corrected chi connectivity index (χ1v) is 16.2. The monoisotopic (exact) mass is 597 g/mol. The highest BCUT2D eigenvalue weighted by Gasteiger charge is 2.29. The number of alkyl halides is 3. The fraction of sp³-hybridized carbons (Fsp3) is 0.548. The van der Waals surface area contributed by atoms with Gasteiger partial charge in [0.15, 0.2) is 9.84 Å². The van der Waals surface area contributed by atoms with Gasteiger partial charge in [-0.1, -0.05) is 31.0 Å². The van der Waals surface area contributed by atoms with Crippen molar-refractivity contribution in [3.8, 4) is 11.5 Å². The summed E-state index contributed by atoms with van der Waals surface area (Å²) in [5.74, 6) is -0.682. The van der Waals surface area contributed by atoms with E-state index in [0.29, 0.717) is 19.6 Å². The predicted octanol–water partition coefficient (Wildman–Crippen LogP) is 6.35. The number of rotatable bonds is 16.